The van der Waals surface area contributed by atoms with E-state index in [2.05, 4.69) is 41.0 Å². The topological polar surface area (TPSA) is 52.3 Å². The van der Waals surface area contributed by atoms with Gasteiger partial charge in [-0.3, -0.25) is 9.69 Å². The number of aryl methyl sites for hydroxylation is 1. The molecule has 0 saturated carbocycles. The Morgan fingerprint density at radius 3 is 2.42 bits per heavy atom. The van der Waals surface area contributed by atoms with E-state index in [1.807, 2.05) is 12.1 Å². The first-order chi connectivity index (χ1) is 16.1. The smallest absolute Gasteiger partial charge is 0.257 e. The molecule has 0 bridgehead atoms. The highest BCUT2D eigenvalue weighted by Gasteiger charge is 2.35. The van der Waals surface area contributed by atoms with E-state index in [0.717, 1.165) is 48.9 Å². The van der Waals surface area contributed by atoms with Crippen molar-refractivity contribution in [1.82, 2.24) is 9.91 Å². The summed E-state index contributed by atoms with van der Waals surface area (Å²) in [7, 11) is 0. The lowest BCUT2D eigenvalue weighted by Crippen LogP contribution is -2.49. The Morgan fingerprint density at radius 2 is 1.76 bits per heavy atom. The molecule has 1 atom stereocenters. The molecule has 1 amide bonds. The molecule has 3 aromatic rings. The molecule has 170 valence electrons. The summed E-state index contributed by atoms with van der Waals surface area (Å²) in [6.45, 7) is 5.46. The Labute approximate surface area is 192 Å². The van der Waals surface area contributed by atoms with Gasteiger partial charge in [-0.1, -0.05) is 29.8 Å². The summed E-state index contributed by atoms with van der Waals surface area (Å²) in [5.41, 5.74) is 4.12. The van der Waals surface area contributed by atoms with Crippen LogP contribution in [0.5, 0.6) is 0 Å². The number of hydrogen-bond donors (Lipinski definition) is 0. The van der Waals surface area contributed by atoms with Crippen LogP contribution < -0.4 is 4.90 Å². The second-order valence-electron chi connectivity index (χ2n) is 8.63. The Morgan fingerprint density at radius 1 is 1.03 bits per heavy atom. The average Bonchev–Trinajstić information content (AvgIpc) is 3.51. The molecule has 0 spiro atoms. The highest BCUT2D eigenvalue weighted by atomic mass is 19.1. The Kier molecular flexibility index (Phi) is 5.96. The summed E-state index contributed by atoms with van der Waals surface area (Å²) < 4.78 is 18.9. The van der Waals surface area contributed by atoms with Crippen molar-refractivity contribution in [3.05, 3.63) is 89.6 Å². The van der Waals surface area contributed by atoms with Crippen molar-refractivity contribution in [3.63, 3.8) is 0 Å². The minimum Gasteiger partial charge on any atom is -0.467 e. The molecule has 3 heterocycles. The summed E-state index contributed by atoms with van der Waals surface area (Å²) in [6.07, 6.45) is 2.26. The second kappa shape index (κ2) is 9.19. The molecule has 2 aliphatic rings. The van der Waals surface area contributed by atoms with E-state index in [1.54, 1.807) is 23.4 Å². The van der Waals surface area contributed by atoms with E-state index in [1.165, 1.54) is 17.7 Å². The minimum absolute atomic E-state index is 0.0336. The fourth-order valence-corrected chi connectivity index (χ4v) is 4.44. The third kappa shape index (κ3) is 4.68. The molecular formula is C26H27FN4O2. The predicted molar refractivity (Wildman–Crippen MR) is 126 cm³/mol. The molecule has 1 unspecified atom stereocenters. The van der Waals surface area contributed by atoms with Crippen molar-refractivity contribution >= 4 is 17.3 Å². The van der Waals surface area contributed by atoms with Crippen LogP contribution in [-0.4, -0.2) is 54.3 Å². The van der Waals surface area contributed by atoms with E-state index < -0.39 is 0 Å². The number of rotatable bonds is 5. The molecule has 6 nitrogen and oxygen atoms in total. The summed E-state index contributed by atoms with van der Waals surface area (Å²) in [5, 5.41) is 6.33. The number of hydrogen-bond acceptors (Lipinski definition) is 5. The van der Waals surface area contributed by atoms with Crippen molar-refractivity contribution in [2.24, 2.45) is 5.10 Å². The lowest BCUT2D eigenvalue weighted by molar-refractivity contribution is -0.134. The standard InChI is InChI=1S/C26H27FN4O2/c1-19-4-6-20(7-5-19)23-17-24(25-3-2-16-33-25)31(28-23)26(32)18-29-12-14-30(15-13-29)22-10-8-21(27)9-11-22/h2-11,16,24H,12-15,17-18H2,1H3. The van der Waals surface area contributed by atoms with Gasteiger partial charge in [0, 0.05) is 38.3 Å². The van der Waals surface area contributed by atoms with Crippen LogP contribution in [0.25, 0.3) is 0 Å². The average molecular weight is 447 g/mol. The lowest BCUT2D eigenvalue weighted by atomic mass is 10.0. The first-order valence-corrected chi connectivity index (χ1v) is 11.3. The molecule has 2 aromatic carbocycles. The number of furan rings is 1. The monoisotopic (exact) mass is 446 g/mol. The second-order valence-corrected chi connectivity index (χ2v) is 8.63. The third-order valence-electron chi connectivity index (χ3n) is 6.35. The number of carbonyl (C=O) groups excluding carboxylic acids is 1. The molecule has 5 rings (SSSR count). The molecule has 0 radical (unpaired) electrons. The Bertz CT molecular complexity index is 1120. The van der Waals surface area contributed by atoms with Gasteiger partial charge in [-0.15, -0.1) is 0 Å². The van der Waals surface area contributed by atoms with Crippen LogP contribution in [-0.2, 0) is 4.79 Å². The van der Waals surface area contributed by atoms with E-state index in [0.29, 0.717) is 13.0 Å². The van der Waals surface area contributed by atoms with E-state index in [4.69, 9.17) is 9.52 Å². The lowest BCUT2D eigenvalue weighted by Gasteiger charge is -2.36. The molecule has 0 N–H and O–H groups in total. The number of hydrazone groups is 1. The Balaban J connectivity index is 1.26. The van der Waals surface area contributed by atoms with Gasteiger partial charge in [0.15, 0.2) is 0 Å². The van der Waals surface area contributed by atoms with E-state index in [9.17, 15) is 9.18 Å². The molecule has 7 heteroatoms. The van der Waals surface area contributed by atoms with Crippen LogP contribution in [0.4, 0.5) is 10.1 Å². The number of nitrogens with zero attached hydrogens (tertiary/aromatic N) is 4. The van der Waals surface area contributed by atoms with Crippen LogP contribution in [0, 0.1) is 12.7 Å². The predicted octanol–water partition coefficient (Wildman–Crippen LogP) is 4.23. The van der Waals surface area contributed by atoms with E-state index in [-0.39, 0.29) is 17.8 Å². The first kappa shape index (κ1) is 21.4. The zero-order chi connectivity index (χ0) is 22.8. The SMILES string of the molecule is Cc1ccc(C2=NN(C(=O)CN3CCN(c4ccc(F)cc4)CC3)C(c3ccco3)C2)cc1. The largest absolute Gasteiger partial charge is 0.467 e. The summed E-state index contributed by atoms with van der Waals surface area (Å²) >= 11 is 0. The van der Waals surface area contributed by atoms with Crippen molar-refractivity contribution in [1.29, 1.82) is 0 Å². The maximum Gasteiger partial charge on any atom is 0.257 e. The summed E-state index contributed by atoms with van der Waals surface area (Å²) in [4.78, 5) is 17.7. The van der Waals surface area contributed by atoms with Crippen molar-refractivity contribution < 1.29 is 13.6 Å². The molecule has 1 aromatic heterocycles. The minimum atomic E-state index is -0.232. The van der Waals surface area contributed by atoms with Crippen molar-refractivity contribution in [2.45, 2.75) is 19.4 Å². The van der Waals surface area contributed by atoms with Gasteiger partial charge in [0.25, 0.3) is 5.91 Å². The van der Waals surface area contributed by atoms with Gasteiger partial charge in [0.1, 0.15) is 17.6 Å². The number of piperazine rings is 1. The van der Waals surface area contributed by atoms with E-state index >= 15 is 0 Å². The fourth-order valence-electron chi connectivity index (χ4n) is 4.44. The molecule has 33 heavy (non-hydrogen) atoms. The summed E-state index contributed by atoms with van der Waals surface area (Å²) in [5.74, 6) is 0.481. The molecule has 1 saturated heterocycles. The van der Waals surface area contributed by atoms with Crippen molar-refractivity contribution in [3.8, 4) is 0 Å². The number of carbonyl (C=O) groups is 1. The maximum atomic E-state index is 13.3. The highest BCUT2D eigenvalue weighted by Crippen LogP contribution is 2.33. The normalized spacial score (nSPS) is 19.1. The van der Waals surface area contributed by atoms with Crippen molar-refractivity contribution in [2.75, 3.05) is 37.6 Å². The quantitative estimate of drug-likeness (QED) is 0.589. The van der Waals surface area contributed by atoms with Gasteiger partial charge in [0.05, 0.1) is 18.5 Å². The molecule has 2 aliphatic heterocycles. The Hall–Kier alpha value is -3.45. The fraction of sp³-hybridized carbons (Fsp3) is 0.308. The van der Waals surface area contributed by atoms with Crippen LogP contribution in [0.15, 0.2) is 76.4 Å². The first-order valence-electron chi connectivity index (χ1n) is 11.3. The molecular weight excluding hydrogens is 419 g/mol. The zero-order valence-electron chi connectivity index (χ0n) is 18.7. The molecule has 1 fully saturated rings. The zero-order valence-corrected chi connectivity index (χ0v) is 18.7. The van der Waals surface area contributed by atoms with Crippen LogP contribution in [0.1, 0.15) is 29.3 Å². The third-order valence-corrected chi connectivity index (χ3v) is 6.35. The number of halogens is 1. The van der Waals surface area contributed by atoms with Gasteiger partial charge >= 0.3 is 0 Å². The number of anilines is 1. The van der Waals surface area contributed by atoms with Crippen LogP contribution >= 0.6 is 0 Å². The highest BCUT2D eigenvalue weighted by molar-refractivity contribution is 6.03. The number of benzene rings is 2. The van der Waals surface area contributed by atoms with Gasteiger partial charge in [-0.2, -0.15) is 5.10 Å². The van der Waals surface area contributed by atoms with Gasteiger partial charge in [-0.05, 0) is 48.9 Å². The van der Waals surface area contributed by atoms with Crippen LogP contribution in [0.2, 0.25) is 0 Å². The van der Waals surface area contributed by atoms with Gasteiger partial charge in [-0.25, -0.2) is 9.40 Å². The van der Waals surface area contributed by atoms with Crippen LogP contribution in [0.3, 0.4) is 0 Å². The van der Waals surface area contributed by atoms with Gasteiger partial charge < -0.3 is 9.32 Å². The molecule has 0 aliphatic carbocycles. The summed E-state index contributed by atoms with van der Waals surface area (Å²) in [6, 6.07) is 18.3. The number of amides is 1. The maximum absolute atomic E-state index is 13.3. The van der Waals surface area contributed by atoms with Gasteiger partial charge in [0.2, 0.25) is 0 Å².